The number of benzene rings is 2. The molecule has 3 N–H and O–H groups in total. The number of hydrogen-bond acceptors (Lipinski definition) is 4. The first kappa shape index (κ1) is 23.4. The summed E-state index contributed by atoms with van der Waals surface area (Å²) < 4.78 is 10.5. The Morgan fingerprint density at radius 2 is 1.79 bits per heavy atom. The van der Waals surface area contributed by atoms with Crippen LogP contribution in [0.25, 0.3) is 0 Å². The molecule has 0 aromatic heterocycles. The highest BCUT2D eigenvalue weighted by Crippen LogP contribution is 2.27. The molecule has 0 spiro atoms. The number of para-hydroxylation sites is 1. The van der Waals surface area contributed by atoms with E-state index in [1.54, 1.807) is 14.2 Å². The van der Waals surface area contributed by atoms with Gasteiger partial charge in [0.15, 0.2) is 5.96 Å². The van der Waals surface area contributed by atoms with Crippen molar-refractivity contribution in [1.29, 1.82) is 0 Å². The van der Waals surface area contributed by atoms with E-state index >= 15 is 0 Å². The molecule has 0 aliphatic carbocycles. The van der Waals surface area contributed by atoms with E-state index in [1.807, 2.05) is 36.4 Å². The Morgan fingerprint density at radius 3 is 2.45 bits per heavy atom. The van der Waals surface area contributed by atoms with Gasteiger partial charge in [0.25, 0.3) is 0 Å². The molecule has 1 aliphatic heterocycles. The van der Waals surface area contributed by atoms with E-state index in [9.17, 15) is 0 Å². The Labute approximate surface area is 190 Å². The van der Waals surface area contributed by atoms with Crippen molar-refractivity contribution < 1.29 is 9.47 Å². The van der Waals surface area contributed by atoms with E-state index in [-0.39, 0.29) is 30.0 Å². The van der Waals surface area contributed by atoms with Gasteiger partial charge in [0.2, 0.25) is 0 Å². The van der Waals surface area contributed by atoms with Gasteiger partial charge in [0.05, 0.1) is 26.3 Å². The van der Waals surface area contributed by atoms with Crippen molar-refractivity contribution in [2.45, 2.75) is 25.5 Å². The third-order valence-electron chi connectivity index (χ3n) is 5.10. The van der Waals surface area contributed by atoms with Crippen molar-refractivity contribution >= 4 is 35.6 Å². The second-order valence-electron chi connectivity index (χ2n) is 6.97. The molecule has 0 radical (unpaired) electrons. The van der Waals surface area contributed by atoms with Gasteiger partial charge in [0, 0.05) is 18.4 Å². The number of halogens is 1. The average molecular weight is 510 g/mol. The number of aliphatic imine (C=N–C) groups is 1. The van der Waals surface area contributed by atoms with Gasteiger partial charge in [-0.05, 0) is 49.7 Å². The maximum Gasteiger partial charge on any atom is 0.193 e. The Kier molecular flexibility index (Phi) is 9.69. The summed E-state index contributed by atoms with van der Waals surface area (Å²) in [5, 5.41) is 3.22. The first-order valence-corrected chi connectivity index (χ1v) is 9.73. The second-order valence-corrected chi connectivity index (χ2v) is 6.97. The van der Waals surface area contributed by atoms with Crippen molar-refractivity contribution in [2.75, 3.05) is 39.2 Å². The lowest BCUT2D eigenvalue weighted by atomic mass is 10.1. The molecule has 0 saturated carbocycles. The van der Waals surface area contributed by atoms with Crippen molar-refractivity contribution in [2.24, 2.45) is 10.7 Å². The van der Waals surface area contributed by atoms with Crippen LogP contribution in [0.2, 0.25) is 0 Å². The topological polar surface area (TPSA) is 72.1 Å². The number of likely N-dealkylation sites (tertiary alicyclic amines) is 1. The molecule has 2 aromatic carbocycles. The number of anilines is 1. The zero-order valence-electron chi connectivity index (χ0n) is 17.1. The number of guanidine groups is 1. The summed E-state index contributed by atoms with van der Waals surface area (Å²) >= 11 is 0. The van der Waals surface area contributed by atoms with Crippen molar-refractivity contribution in [3.05, 3.63) is 59.7 Å². The third-order valence-corrected chi connectivity index (χ3v) is 5.10. The second kappa shape index (κ2) is 12.0. The van der Waals surface area contributed by atoms with Gasteiger partial charge in [0.1, 0.15) is 5.75 Å². The van der Waals surface area contributed by atoms with Gasteiger partial charge >= 0.3 is 0 Å². The van der Waals surface area contributed by atoms with Crippen LogP contribution in [0.4, 0.5) is 5.69 Å². The highest BCUT2D eigenvalue weighted by molar-refractivity contribution is 14.0. The smallest absolute Gasteiger partial charge is 0.193 e. The van der Waals surface area contributed by atoms with Crippen LogP contribution in [0.1, 0.15) is 30.0 Å². The number of nitrogens with one attached hydrogen (secondary N) is 1. The lowest BCUT2D eigenvalue weighted by molar-refractivity contribution is 0.185. The molecule has 1 aliphatic rings. The van der Waals surface area contributed by atoms with E-state index in [0.717, 1.165) is 30.1 Å². The minimum absolute atomic E-state index is 0. The molecule has 2 aromatic rings. The first-order chi connectivity index (χ1) is 13.7. The fourth-order valence-corrected chi connectivity index (χ4v) is 3.60. The Morgan fingerprint density at radius 1 is 1.10 bits per heavy atom. The summed E-state index contributed by atoms with van der Waals surface area (Å²) in [5.74, 6) is 1.28. The van der Waals surface area contributed by atoms with Crippen LogP contribution in [0.5, 0.6) is 5.75 Å². The Balaban J connectivity index is 0.00000300. The van der Waals surface area contributed by atoms with E-state index in [2.05, 4.69) is 27.3 Å². The number of ether oxygens (including phenoxy) is 2. The minimum Gasteiger partial charge on any atom is -0.497 e. The van der Waals surface area contributed by atoms with Gasteiger partial charge in [-0.2, -0.15) is 0 Å². The molecule has 29 heavy (non-hydrogen) atoms. The number of rotatable bonds is 8. The number of nitrogens with zero attached hydrogens (tertiary/aromatic N) is 2. The molecular weight excluding hydrogens is 479 g/mol. The monoisotopic (exact) mass is 510 g/mol. The van der Waals surface area contributed by atoms with Crippen LogP contribution < -0.4 is 15.8 Å². The number of hydrogen-bond donors (Lipinski definition) is 2. The zero-order chi connectivity index (χ0) is 19.8. The van der Waals surface area contributed by atoms with Crippen molar-refractivity contribution in [3.63, 3.8) is 0 Å². The lowest BCUT2D eigenvalue weighted by Crippen LogP contribution is -2.30. The van der Waals surface area contributed by atoms with Gasteiger partial charge < -0.3 is 20.5 Å². The van der Waals surface area contributed by atoms with Crippen LogP contribution in [0.3, 0.4) is 0 Å². The molecule has 0 bridgehead atoms. The quantitative estimate of drug-likeness (QED) is 0.319. The van der Waals surface area contributed by atoms with Crippen LogP contribution in [-0.2, 0) is 11.3 Å². The molecule has 1 heterocycles. The van der Waals surface area contributed by atoms with Gasteiger partial charge in [-0.3, -0.25) is 9.89 Å². The predicted octanol–water partition coefficient (Wildman–Crippen LogP) is 4.02. The molecule has 1 saturated heterocycles. The van der Waals surface area contributed by atoms with E-state index in [4.69, 9.17) is 15.2 Å². The number of methoxy groups -OCH3 is 2. The van der Waals surface area contributed by atoms with Crippen molar-refractivity contribution in [3.8, 4) is 5.75 Å². The standard InChI is InChI=1S/C22H30N4O2.HI/c1-27-16-18-7-3-4-8-20(18)25-22(23)24-15-21(26-13-5-6-14-26)17-9-11-19(28-2)12-10-17;/h3-4,7-12,21H,5-6,13-16H2,1-2H3,(H3,23,24,25);1H. The Hall–Kier alpha value is -1.84. The summed E-state index contributed by atoms with van der Waals surface area (Å²) in [4.78, 5) is 7.14. The SMILES string of the molecule is COCc1ccccc1NC(N)=NCC(c1ccc(OC)cc1)N1CCCC1.I. The molecule has 6 nitrogen and oxygen atoms in total. The van der Waals surface area contributed by atoms with Gasteiger partial charge in [-0.25, -0.2) is 0 Å². The maximum atomic E-state index is 6.20. The normalized spacial score (nSPS) is 15.6. The fourth-order valence-electron chi connectivity index (χ4n) is 3.60. The third kappa shape index (κ3) is 6.58. The number of nitrogens with two attached hydrogens (primary N) is 1. The zero-order valence-corrected chi connectivity index (χ0v) is 19.5. The summed E-state index contributed by atoms with van der Waals surface area (Å²) in [6.45, 7) is 3.32. The molecule has 7 heteroatoms. The summed E-state index contributed by atoms with van der Waals surface area (Å²) in [7, 11) is 3.37. The summed E-state index contributed by atoms with van der Waals surface area (Å²) in [6, 6.07) is 16.4. The van der Waals surface area contributed by atoms with Gasteiger partial charge in [-0.15, -0.1) is 24.0 Å². The Bertz CT molecular complexity index is 777. The first-order valence-electron chi connectivity index (χ1n) is 9.73. The highest BCUT2D eigenvalue weighted by Gasteiger charge is 2.23. The molecule has 1 unspecified atom stereocenters. The molecule has 0 amide bonds. The highest BCUT2D eigenvalue weighted by atomic mass is 127. The minimum atomic E-state index is 0. The van der Waals surface area contributed by atoms with Crippen LogP contribution in [-0.4, -0.2) is 44.7 Å². The molecule has 1 atom stereocenters. The van der Waals surface area contributed by atoms with E-state index < -0.39 is 0 Å². The average Bonchev–Trinajstić information content (AvgIpc) is 3.25. The van der Waals surface area contributed by atoms with E-state index in [1.165, 1.54) is 18.4 Å². The molecular formula is C22H31IN4O2. The predicted molar refractivity (Wildman–Crippen MR) is 129 cm³/mol. The lowest BCUT2D eigenvalue weighted by Gasteiger charge is -2.27. The van der Waals surface area contributed by atoms with Crippen LogP contribution in [0, 0.1) is 0 Å². The fraction of sp³-hybridized carbons (Fsp3) is 0.409. The van der Waals surface area contributed by atoms with Gasteiger partial charge in [-0.1, -0.05) is 30.3 Å². The molecule has 3 rings (SSSR count). The van der Waals surface area contributed by atoms with Crippen LogP contribution in [0.15, 0.2) is 53.5 Å². The van der Waals surface area contributed by atoms with Crippen molar-refractivity contribution in [1.82, 2.24) is 4.90 Å². The molecule has 1 fully saturated rings. The maximum absolute atomic E-state index is 6.20. The van der Waals surface area contributed by atoms with E-state index in [0.29, 0.717) is 19.1 Å². The summed E-state index contributed by atoms with van der Waals surface area (Å²) in [5.41, 5.74) is 9.41. The molecule has 158 valence electrons. The van der Waals surface area contributed by atoms with Crippen LogP contribution >= 0.6 is 24.0 Å². The summed E-state index contributed by atoms with van der Waals surface area (Å²) in [6.07, 6.45) is 2.46. The largest absolute Gasteiger partial charge is 0.497 e.